The van der Waals surface area contributed by atoms with Crippen LogP contribution in [0.25, 0.3) is 5.70 Å². The zero-order valence-corrected chi connectivity index (χ0v) is 22.1. The van der Waals surface area contributed by atoms with Crippen LogP contribution in [0.15, 0.2) is 54.1 Å². The van der Waals surface area contributed by atoms with Crippen molar-refractivity contribution in [3.63, 3.8) is 0 Å². The molecule has 1 fully saturated rings. The van der Waals surface area contributed by atoms with Crippen molar-refractivity contribution in [3.05, 3.63) is 70.8 Å². The molecule has 0 radical (unpaired) electrons. The van der Waals surface area contributed by atoms with Gasteiger partial charge in [-0.2, -0.15) is 26.3 Å². The number of halogens is 6. The molecule has 0 saturated carbocycles. The Morgan fingerprint density at radius 3 is 2.00 bits per heavy atom. The Morgan fingerprint density at radius 2 is 1.39 bits per heavy atom. The van der Waals surface area contributed by atoms with Crippen LogP contribution in [0.1, 0.15) is 27.5 Å². The number of fused-ring (bicyclic) bond motifs is 2. The number of alkyl halides is 6. The van der Waals surface area contributed by atoms with Gasteiger partial charge in [-0.25, -0.2) is 4.79 Å². The van der Waals surface area contributed by atoms with Crippen LogP contribution >= 0.6 is 0 Å². The predicted molar refractivity (Wildman–Crippen MR) is 137 cm³/mol. The van der Waals surface area contributed by atoms with Gasteiger partial charge in [0.2, 0.25) is 0 Å². The smallest absolute Gasteiger partial charge is 0.406 e. The number of hydrogen-bond donors (Lipinski definition) is 0. The number of nitrogens with zero attached hydrogens (tertiary/aromatic N) is 4. The van der Waals surface area contributed by atoms with E-state index in [0.717, 1.165) is 4.90 Å². The molecular formula is C28H28F6N4O3. The Morgan fingerprint density at radius 1 is 0.805 bits per heavy atom. The van der Waals surface area contributed by atoms with Gasteiger partial charge in [0.25, 0.3) is 0 Å². The van der Waals surface area contributed by atoms with Gasteiger partial charge in [0, 0.05) is 50.9 Å². The van der Waals surface area contributed by atoms with Crippen molar-refractivity contribution in [3.8, 4) is 5.75 Å². The molecule has 0 bridgehead atoms. The number of rotatable bonds is 7. The van der Waals surface area contributed by atoms with Crippen molar-refractivity contribution >= 4 is 17.5 Å². The third-order valence-electron chi connectivity index (χ3n) is 7.47. The van der Waals surface area contributed by atoms with E-state index in [1.165, 1.54) is 11.9 Å². The molecule has 1 unspecified atom stereocenters. The Bertz CT molecular complexity index is 1330. The molecule has 220 valence electrons. The largest absolute Gasteiger partial charge is 0.492 e. The van der Waals surface area contributed by atoms with Crippen LogP contribution in [0.4, 0.5) is 31.1 Å². The summed E-state index contributed by atoms with van der Waals surface area (Å²) in [5, 5.41) is 0. The summed E-state index contributed by atoms with van der Waals surface area (Å²) in [4.78, 5) is 31.8. The van der Waals surface area contributed by atoms with Crippen LogP contribution in [0.2, 0.25) is 0 Å². The molecule has 0 N–H and O–H groups in total. The molecule has 1 aliphatic carbocycles. The number of ether oxygens (including phenoxy) is 1. The molecule has 1 saturated heterocycles. The first kappa shape index (κ1) is 28.9. The van der Waals surface area contributed by atoms with E-state index >= 15 is 0 Å². The summed E-state index contributed by atoms with van der Waals surface area (Å²) in [6.45, 7) is -0.144. The van der Waals surface area contributed by atoms with E-state index in [1.54, 1.807) is 48.5 Å². The molecule has 3 aliphatic rings. The number of ketones is 1. The quantitative estimate of drug-likeness (QED) is 0.439. The number of Topliss-reactive ketones (excluding diaryl/α,β-unsaturated/α-hetero) is 1. The van der Waals surface area contributed by atoms with Gasteiger partial charge in [-0.15, -0.1) is 0 Å². The van der Waals surface area contributed by atoms with Crippen LogP contribution in [0.5, 0.6) is 5.75 Å². The van der Waals surface area contributed by atoms with Gasteiger partial charge in [0.1, 0.15) is 18.9 Å². The average Bonchev–Trinajstić information content (AvgIpc) is 3.20. The highest BCUT2D eigenvalue weighted by Crippen LogP contribution is 2.47. The highest BCUT2D eigenvalue weighted by molar-refractivity contribution is 6.23. The average molecular weight is 583 g/mol. The summed E-state index contributed by atoms with van der Waals surface area (Å²) >= 11 is 0. The fourth-order valence-electron chi connectivity index (χ4n) is 5.62. The summed E-state index contributed by atoms with van der Waals surface area (Å²) in [7, 11) is 1.36. The Labute approximate surface area is 232 Å². The number of hydrogen-bond acceptors (Lipinski definition) is 5. The lowest BCUT2D eigenvalue weighted by Gasteiger charge is -2.41. The molecule has 2 aliphatic heterocycles. The zero-order chi connectivity index (χ0) is 29.5. The van der Waals surface area contributed by atoms with Gasteiger partial charge in [-0.05, 0) is 17.7 Å². The molecule has 0 spiro atoms. The maximum Gasteiger partial charge on any atom is 0.406 e. The molecule has 2 aromatic carbocycles. The van der Waals surface area contributed by atoms with E-state index in [0.29, 0.717) is 65.8 Å². The third-order valence-corrected chi connectivity index (χ3v) is 7.47. The first-order valence-electron chi connectivity index (χ1n) is 13.1. The van der Waals surface area contributed by atoms with Gasteiger partial charge >= 0.3 is 18.4 Å². The monoisotopic (exact) mass is 582 g/mol. The van der Waals surface area contributed by atoms with Crippen LogP contribution in [0, 0.1) is 0 Å². The minimum atomic E-state index is -4.69. The number of carbonyl (C=O) groups excluding carboxylic acids is 2. The standard InChI is InChI=1S/C28H28F6N4O3/c1-35-24-20-4-2-3-5-21(20)25(39)22(24)23(38(26(35)40)17-28(32,33)34)18-6-8-19(9-7-18)41-15-14-36-10-12-37(13-11-36)16-27(29,30)31/h2-9,23H,10-17H2,1H3. The summed E-state index contributed by atoms with van der Waals surface area (Å²) in [6.07, 6.45) is -8.92. The third kappa shape index (κ3) is 6.20. The molecule has 5 rings (SSSR count). The van der Waals surface area contributed by atoms with Gasteiger partial charge in [-0.1, -0.05) is 36.4 Å². The van der Waals surface area contributed by atoms with Crippen molar-refractivity contribution in [2.45, 2.75) is 18.4 Å². The molecule has 41 heavy (non-hydrogen) atoms. The fourth-order valence-corrected chi connectivity index (χ4v) is 5.62. The number of benzene rings is 2. The number of urea groups is 1. The summed E-state index contributed by atoms with van der Waals surface area (Å²) < 4.78 is 84.3. The van der Waals surface area contributed by atoms with Crippen molar-refractivity contribution < 1.29 is 40.7 Å². The minimum Gasteiger partial charge on any atom is -0.492 e. The summed E-state index contributed by atoms with van der Waals surface area (Å²) in [5.41, 5.74) is 1.57. The predicted octanol–water partition coefficient (Wildman–Crippen LogP) is 4.82. The number of piperazine rings is 1. The van der Waals surface area contributed by atoms with Crippen LogP contribution in [0.3, 0.4) is 0 Å². The van der Waals surface area contributed by atoms with Gasteiger partial charge in [0.15, 0.2) is 5.78 Å². The molecule has 2 heterocycles. The van der Waals surface area contributed by atoms with Crippen molar-refractivity contribution in [1.82, 2.24) is 19.6 Å². The highest BCUT2D eigenvalue weighted by atomic mass is 19.4. The highest BCUT2D eigenvalue weighted by Gasteiger charge is 2.49. The Hall–Kier alpha value is -3.58. The normalized spacial score (nSPS) is 20.5. The zero-order valence-electron chi connectivity index (χ0n) is 22.1. The molecule has 1 atom stereocenters. The lowest BCUT2D eigenvalue weighted by atomic mass is 9.92. The second-order valence-electron chi connectivity index (χ2n) is 10.3. The summed E-state index contributed by atoms with van der Waals surface area (Å²) in [5.74, 6) is 0.00380. The minimum absolute atomic E-state index is 0.107. The van der Waals surface area contributed by atoms with Crippen LogP contribution in [-0.2, 0) is 0 Å². The maximum absolute atomic E-state index is 13.6. The van der Waals surface area contributed by atoms with E-state index in [2.05, 4.69) is 0 Å². The lowest BCUT2D eigenvalue weighted by Crippen LogP contribution is -2.51. The number of carbonyl (C=O) groups is 2. The number of amides is 2. The Kier molecular flexibility index (Phi) is 7.77. The van der Waals surface area contributed by atoms with E-state index < -0.39 is 43.3 Å². The van der Waals surface area contributed by atoms with Gasteiger partial charge < -0.3 is 9.64 Å². The van der Waals surface area contributed by atoms with E-state index in [9.17, 15) is 35.9 Å². The van der Waals surface area contributed by atoms with Gasteiger partial charge in [-0.3, -0.25) is 19.5 Å². The first-order chi connectivity index (χ1) is 19.3. The SMILES string of the molecule is CN1C(=O)N(CC(F)(F)F)C(c2ccc(OCCN3CCN(CC(F)(F)F)CC3)cc2)C2=C1c1ccccc1C2=O. The van der Waals surface area contributed by atoms with E-state index in [-0.39, 0.29) is 12.2 Å². The second kappa shape index (κ2) is 11.0. The molecule has 13 heteroatoms. The summed E-state index contributed by atoms with van der Waals surface area (Å²) in [6, 6.07) is 10.7. The fraction of sp³-hybridized carbons (Fsp3) is 0.429. The second-order valence-corrected chi connectivity index (χ2v) is 10.3. The van der Waals surface area contributed by atoms with E-state index in [1.807, 2.05) is 4.90 Å². The van der Waals surface area contributed by atoms with Crippen molar-refractivity contribution in [2.24, 2.45) is 0 Å². The molecule has 0 aromatic heterocycles. The molecule has 2 aromatic rings. The Balaban J connectivity index is 1.30. The molecular weight excluding hydrogens is 554 g/mol. The molecule has 7 nitrogen and oxygen atoms in total. The lowest BCUT2D eigenvalue weighted by molar-refractivity contribution is -0.149. The molecule has 2 amide bonds. The van der Waals surface area contributed by atoms with E-state index in [4.69, 9.17) is 4.74 Å². The van der Waals surface area contributed by atoms with Crippen LogP contribution < -0.4 is 4.74 Å². The van der Waals surface area contributed by atoms with Crippen molar-refractivity contribution in [2.75, 3.05) is 59.5 Å². The van der Waals surface area contributed by atoms with Crippen LogP contribution in [-0.4, -0.2) is 103 Å². The van der Waals surface area contributed by atoms with Gasteiger partial charge in [0.05, 0.1) is 23.9 Å². The topological polar surface area (TPSA) is 56.3 Å². The maximum atomic E-state index is 13.6. The first-order valence-corrected chi connectivity index (χ1v) is 13.1. The van der Waals surface area contributed by atoms with Crippen molar-refractivity contribution in [1.29, 1.82) is 0 Å².